The quantitative estimate of drug-likeness (QED) is 0.692. The van der Waals surface area contributed by atoms with Crippen LogP contribution in [0.15, 0.2) is 59.5 Å². The number of amides is 1. The molecule has 0 spiro atoms. The average Bonchev–Trinajstić information content (AvgIpc) is 2.72. The Hall–Kier alpha value is -1.54. The largest absolute Gasteiger partial charge is 0.339 e. The first-order valence-electron chi connectivity index (χ1n) is 9.08. The lowest BCUT2D eigenvalue weighted by Crippen LogP contribution is -2.52. The molecule has 0 bridgehead atoms. The van der Waals surface area contributed by atoms with Gasteiger partial charge in [0.1, 0.15) is 0 Å². The van der Waals surface area contributed by atoms with Crippen molar-refractivity contribution in [1.29, 1.82) is 0 Å². The van der Waals surface area contributed by atoms with E-state index in [9.17, 15) is 13.2 Å². The number of nitrogens with zero attached hydrogens (tertiary/aromatic N) is 2. The van der Waals surface area contributed by atoms with Crippen molar-refractivity contribution in [3.8, 4) is 0 Å². The third-order valence-electron chi connectivity index (χ3n) is 4.67. The summed E-state index contributed by atoms with van der Waals surface area (Å²) in [7, 11) is -3.50. The van der Waals surface area contributed by atoms with Gasteiger partial charge >= 0.3 is 0 Å². The summed E-state index contributed by atoms with van der Waals surface area (Å²) in [6.07, 6.45) is 0. The first kappa shape index (κ1) is 21.2. The second-order valence-corrected chi connectivity index (χ2v) is 10.3. The standard InChI is InChI=1S/C20H23ClN2O3S2/c1-16(27-15-17-6-5-7-18(21)14-17)20(24)22-10-12-23(13-11-22)28(25,26)19-8-3-2-4-9-19/h2-9,14,16H,10-13,15H2,1H3/t16-/m0/s1. The number of hydrogen-bond acceptors (Lipinski definition) is 4. The molecule has 0 aliphatic carbocycles. The predicted molar refractivity (Wildman–Crippen MR) is 114 cm³/mol. The molecule has 1 aliphatic rings. The normalized spacial score (nSPS) is 16.7. The van der Waals surface area contributed by atoms with Gasteiger partial charge in [-0.05, 0) is 36.8 Å². The van der Waals surface area contributed by atoms with Gasteiger partial charge in [0, 0.05) is 37.0 Å². The van der Waals surface area contributed by atoms with Gasteiger partial charge in [0.05, 0.1) is 10.1 Å². The number of sulfonamides is 1. The van der Waals surface area contributed by atoms with Crippen LogP contribution >= 0.6 is 23.4 Å². The fraction of sp³-hybridized carbons (Fsp3) is 0.350. The zero-order valence-electron chi connectivity index (χ0n) is 15.6. The monoisotopic (exact) mass is 438 g/mol. The highest BCUT2D eigenvalue weighted by molar-refractivity contribution is 7.99. The van der Waals surface area contributed by atoms with Crippen LogP contribution in [0.5, 0.6) is 0 Å². The molecule has 150 valence electrons. The number of benzene rings is 2. The summed E-state index contributed by atoms with van der Waals surface area (Å²) in [6.45, 7) is 3.34. The second kappa shape index (κ2) is 9.31. The van der Waals surface area contributed by atoms with Gasteiger partial charge in [0.15, 0.2) is 0 Å². The van der Waals surface area contributed by atoms with Crippen LogP contribution in [0.3, 0.4) is 0 Å². The Morgan fingerprint density at radius 1 is 1.07 bits per heavy atom. The molecule has 0 radical (unpaired) electrons. The third kappa shape index (κ3) is 5.08. The van der Waals surface area contributed by atoms with Crippen LogP contribution in [-0.4, -0.2) is 55.0 Å². The lowest BCUT2D eigenvalue weighted by molar-refractivity contribution is -0.131. The number of carbonyl (C=O) groups excluding carboxylic acids is 1. The minimum absolute atomic E-state index is 0.0452. The summed E-state index contributed by atoms with van der Waals surface area (Å²) in [5, 5.41) is 0.490. The number of rotatable bonds is 6. The van der Waals surface area contributed by atoms with E-state index < -0.39 is 10.0 Å². The van der Waals surface area contributed by atoms with E-state index >= 15 is 0 Å². The average molecular weight is 439 g/mol. The van der Waals surface area contributed by atoms with E-state index in [1.165, 1.54) is 4.31 Å². The van der Waals surface area contributed by atoms with Crippen molar-refractivity contribution in [2.45, 2.75) is 22.8 Å². The van der Waals surface area contributed by atoms with Crippen LogP contribution in [0, 0.1) is 0 Å². The summed E-state index contributed by atoms with van der Waals surface area (Å²) < 4.78 is 26.8. The van der Waals surface area contributed by atoms with E-state index in [0.29, 0.717) is 41.8 Å². The number of hydrogen-bond donors (Lipinski definition) is 0. The van der Waals surface area contributed by atoms with Gasteiger partial charge in [-0.2, -0.15) is 4.31 Å². The van der Waals surface area contributed by atoms with Gasteiger partial charge in [-0.1, -0.05) is 41.9 Å². The Kier molecular flexibility index (Phi) is 7.04. The fourth-order valence-electron chi connectivity index (χ4n) is 3.07. The molecule has 5 nitrogen and oxygen atoms in total. The molecule has 0 unspecified atom stereocenters. The molecule has 1 aliphatic heterocycles. The van der Waals surface area contributed by atoms with Crippen LogP contribution in [-0.2, 0) is 20.6 Å². The highest BCUT2D eigenvalue weighted by atomic mass is 35.5. The molecule has 0 N–H and O–H groups in total. The maximum Gasteiger partial charge on any atom is 0.243 e. The summed E-state index contributed by atoms with van der Waals surface area (Å²) in [5.74, 6) is 0.749. The predicted octanol–water partition coefficient (Wildman–Crippen LogP) is 3.49. The van der Waals surface area contributed by atoms with E-state index in [1.54, 1.807) is 47.0 Å². The molecular weight excluding hydrogens is 416 g/mol. The van der Waals surface area contributed by atoms with Crippen LogP contribution in [0.4, 0.5) is 0 Å². The van der Waals surface area contributed by atoms with Crippen molar-refractivity contribution >= 4 is 39.3 Å². The Bertz CT molecular complexity index is 914. The second-order valence-electron chi connectivity index (χ2n) is 6.63. The summed E-state index contributed by atoms with van der Waals surface area (Å²) in [6, 6.07) is 16.0. The molecular formula is C20H23ClN2O3S2. The molecule has 1 amide bonds. The Balaban J connectivity index is 1.53. The van der Waals surface area contributed by atoms with Crippen LogP contribution in [0.2, 0.25) is 5.02 Å². The molecule has 1 atom stereocenters. The van der Waals surface area contributed by atoms with Crippen LogP contribution in [0.1, 0.15) is 12.5 Å². The smallest absolute Gasteiger partial charge is 0.243 e. The van der Waals surface area contributed by atoms with Gasteiger partial charge in [-0.3, -0.25) is 4.79 Å². The lowest BCUT2D eigenvalue weighted by Gasteiger charge is -2.35. The maximum atomic E-state index is 12.7. The van der Waals surface area contributed by atoms with Crippen molar-refractivity contribution in [3.05, 3.63) is 65.2 Å². The molecule has 3 rings (SSSR count). The molecule has 28 heavy (non-hydrogen) atoms. The molecule has 2 aromatic rings. The zero-order chi connectivity index (χ0) is 20.1. The number of halogens is 1. The minimum atomic E-state index is -3.50. The van der Waals surface area contributed by atoms with E-state index in [-0.39, 0.29) is 11.2 Å². The minimum Gasteiger partial charge on any atom is -0.339 e. The highest BCUT2D eigenvalue weighted by Gasteiger charge is 2.31. The number of piperazine rings is 1. The van der Waals surface area contributed by atoms with Gasteiger partial charge in [0.2, 0.25) is 15.9 Å². The van der Waals surface area contributed by atoms with Crippen molar-refractivity contribution in [1.82, 2.24) is 9.21 Å². The van der Waals surface area contributed by atoms with Gasteiger partial charge < -0.3 is 4.90 Å². The maximum absolute atomic E-state index is 12.7. The first-order valence-corrected chi connectivity index (χ1v) is 11.9. The number of carbonyl (C=O) groups is 1. The van der Waals surface area contributed by atoms with E-state index in [4.69, 9.17) is 11.6 Å². The summed E-state index contributed by atoms with van der Waals surface area (Å²) in [5.41, 5.74) is 1.08. The molecule has 0 aromatic heterocycles. The molecule has 8 heteroatoms. The SMILES string of the molecule is C[C@H](SCc1cccc(Cl)c1)C(=O)N1CCN(S(=O)(=O)c2ccccc2)CC1. The number of thioether (sulfide) groups is 1. The van der Waals surface area contributed by atoms with Crippen molar-refractivity contribution < 1.29 is 13.2 Å². The van der Waals surface area contributed by atoms with Crippen molar-refractivity contribution in [3.63, 3.8) is 0 Å². The molecule has 2 aromatic carbocycles. The van der Waals surface area contributed by atoms with Crippen LogP contribution < -0.4 is 0 Å². The van der Waals surface area contributed by atoms with Gasteiger partial charge in [0.25, 0.3) is 0 Å². The first-order chi connectivity index (χ1) is 13.4. The summed E-state index contributed by atoms with van der Waals surface area (Å²) in [4.78, 5) is 14.8. The molecule has 0 saturated carbocycles. The fourth-order valence-corrected chi connectivity index (χ4v) is 5.64. The zero-order valence-corrected chi connectivity index (χ0v) is 18.0. The van der Waals surface area contributed by atoms with E-state index in [2.05, 4.69) is 0 Å². The van der Waals surface area contributed by atoms with E-state index in [0.717, 1.165) is 5.56 Å². The van der Waals surface area contributed by atoms with Crippen LogP contribution in [0.25, 0.3) is 0 Å². The third-order valence-corrected chi connectivity index (χ3v) is 8.02. The topological polar surface area (TPSA) is 57.7 Å². The Labute approximate surface area is 175 Å². The van der Waals surface area contributed by atoms with Gasteiger partial charge in [-0.25, -0.2) is 8.42 Å². The molecule has 1 saturated heterocycles. The highest BCUT2D eigenvalue weighted by Crippen LogP contribution is 2.23. The Morgan fingerprint density at radius 2 is 1.75 bits per heavy atom. The van der Waals surface area contributed by atoms with Crippen molar-refractivity contribution in [2.75, 3.05) is 26.2 Å². The van der Waals surface area contributed by atoms with Gasteiger partial charge in [-0.15, -0.1) is 11.8 Å². The Morgan fingerprint density at radius 3 is 2.39 bits per heavy atom. The molecule has 1 fully saturated rings. The van der Waals surface area contributed by atoms with Crippen molar-refractivity contribution in [2.24, 2.45) is 0 Å². The lowest BCUT2D eigenvalue weighted by atomic mass is 10.2. The molecule has 1 heterocycles. The summed E-state index contributed by atoms with van der Waals surface area (Å²) >= 11 is 7.56. The van der Waals surface area contributed by atoms with E-state index in [1.807, 2.05) is 31.2 Å².